The SMILES string of the molecule is NCC(=O)N1CCC(Oc2ccccc2Cl)C1. The summed E-state index contributed by atoms with van der Waals surface area (Å²) in [4.78, 5) is 13.1. The Kier molecular flexibility index (Phi) is 3.86. The minimum atomic E-state index is -0.0322. The fourth-order valence-electron chi connectivity index (χ4n) is 1.90. The van der Waals surface area contributed by atoms with Crippen LogP contribution in [0.5, 0.6) is 5.75 Å². The van der Waals surface area contributed by atoms with Crippen LogP contribution in [0.1, 0.15) is 6.42 Å². The first-order valence-electron chi connectivity index (χ1n) is 5.59. The van der Waals surface area contributed by atoms with Gasteiger partial charge in [-0.05, 0) is 12.1 Å². The first kappa shape index (κ1) is 12.2. The molecule has 4 nitrogen and oxygen atoms in total. The first-order valence-corrected chi connectivity index (χ1v) is 5.97. The Morgan fingerprint density at radius 3 is 3.00 bits per heavy atom. The molecule has 0 spiro atoms. The summed E-state index contributed by atoms with van der Waals surface area (Å²) in [5, 5.41) is 0.594. The number of para-hydroxylation sites is 1. The van der Waals surface area contributed by atoms with E-state index in [0.29, 0.717) is 23.9 Å². The molecule has 2 N–H and O–H groups in total. The molecule has 0 bridgehead atoms. The lowest BCUT2D eigenvalue weighted by molar-refractivity contribution is -0.128. The molecule has 1 heterocycles. The van der Waals surface area contributed by atoms with Crippen LogP contribution < -0.4 is 10.5 Å². The molecule has 5 heteroatoms. The van der Waals surface area contributed by atoms with Crippen LogP contribution in [0.4, 0.5) is 0 Å². The summed E-state index contributed by atoms with van der Waals surface area (Å²) >= 11 is 6.00. The molecule has 1 atom stereocenters. The van der Waals surface area contributed by atoms with Crippen LogP contribution in [0, 0.1) is 0 Å². The number of likely N-dealkylation sites (tertiary alicyclic amines) is 1. The van der Waals surface area contributed by atoms with Gasteiger partial charge in [-0.15, -0.1) is 0 Å². The highest BCUT2D eigenvalue weighted by Crippen LogP contribution is 2.26. The summed E-state index contributed by atoms with van der Waals surface area (Å²) in [5.74, 6) is 0.636. The number of benzene rings is 1. The summed E-state index contributed by atoms with van der Waals surface area (Å²) < 4.78 is 5.76. The molecule has 92 valence electrons. The summed E-state index contributed by atoms with van der Waals surface area (Å²) in [6.07, 6.45) is 0.821. The van der Waals surface area contributed by atoms with Crippen molar-refractivity contribution in [1.29, 1.82) is 0 Å². The number of amides is 1. The van der Waals surface area contributed by atoms with Crippen molar-refractivity contribution in [2.45, 2.75) is 12.5 Å². The van der Waals surface area contributed by atoms with Crippen molar-refractivity contribution in [2.75, 3.05) is 19.6 Å². The zero-order valence-corrected chi connectivity index (χ0v) is 10.2. The third kappa shape index (κ3) is 2.90. The number of ether oxygens (including phenoxy) is 1. The number of nitrogens with zero attached hydrogens (tertiary/aromatic N) is 1. The van der Waals surface area contributed by atoms with Crippen molar-refractivity contribution in [3.63, 3.8) is 0 Å². The fraction of sp³-hybridized carbons (Fsp3) is 0.417. The number of nitrogens with two attached hydrogens (primary N) is 1. The number of hydrogen-bond donors (Lipinski definition) is 1. The van der Waals surface area contributed by atoms with E-state index in [1.165, 1.54) is 0 Å². The van der Waals surface area contributed by atoms with Crippen molar-refractivity contribution < 1.29 is 9.53 Å². The Morgan fingerprint density at radius 2 is 2.29 bits per heavy atom. The summed E-state index contributed by atoms with van der Waals surface area (Å²) in [6.45, 7) is 1.34. The minimum Gasteiger partial charge on any atom is -0.487 e. The quantitative estimate of drug-likeness (QED) is 0.884. The lowest BCUT2D eigenvalue weighted by Crippen LogP contribution is -2.35. The third-order valence-corrected chi connectivity index (χ3v) is 3.11. The molecule has 2 rings (SSSR count). The molecule has 0 aromatic heterocycles. The average Bonchev–Trinajstić information content (AvgIpc) is 2.80. The molecule has 1 aromatic carbocycles. The molecule has 0 aliphatic carbocycles. The van der Waals surface area contributed by atoms with Crippen molar-refractivity contribution in [1.82, 2.24) is 4.90 Å². The van der Waals surface area contributed by atoms with Crippen LogP contribution in [0.3, 0.4) is 0 Å². The van der Waals surface area contributed by atoms with Gasteiger partial charge >= 0.3 is 0 Å². The van der Waals surface area contributed by atoms with E-state index in [2.05, 4.69) is 0 Å². The maximum atomic E-state index is 11.4. The lowest BCUT2D eigenvalue weighted by Gasteiger charge is -2.16. The Bertz CT molecular complexity index is 411. The van der Waals surface area contributed by atoms with Gasteiger partial charge in [-0.3, -0.25) is 4.79 Å². The van der Waals surface area contributed by atoms with Gasteiger partial charge in [-0.25, -0.2) is 0 Å². The van der Waals surface area contributed by atoms with Crippen LogP contribution in [-0.4, -0.2) is 36.5 Å². The smallest absolute Gasteiger partial charge is 0.236 e. The van der Waals surface area contributed by atoms with E-state index in [1.807, 2.05) is 18.2 Å². The van der Waals surface area contributed by atoms with Crippen LogP contribution in [-0.2, 0) is 4.79 Å². The van der Waals surface area contributed by atoms with Gasteiger partial charge in [0.05, 0.1) is 18.1 Å². The molecule has 1 fully saturated rings. The van der Waals surface area contributed by atoms with E-state index in [9.17, 15) is 4.79 Å². The number of rotatable bonds is 3. The molecule has 1 aliphatic rings. The highest BCUT2D eigenvalue weighted by atomic mass is 35.5. The van der Waals surface area contributed by atoms with E-state index in [-0.39, 0.29) is 18.6 Å². The normalized spacial score (nSPS) is 19.4. The third-order valence-electron chi connectivity index (χ3n) is 2.80. The molecule has 1 aromatic rings. The Morgan fingerprint density at radius 1 is 1.53 bits per heavy atom. The van der Waals surface area contributed by atoms with Gasteiger partial charge in [0, 0.05) is 13.0 Å². The molecule has 1 saturated heterocycles. The van der Waals surface area contributed by atoms with Gasteiger partial charge in [-0.2, -0.15) is 0 Å². The number of carbonyl (C=O) groups is 1. The molecule has 0 radical (unpaired) electrons. The molecule has 1 aliphatic heterocycles. The van der Waals surface area contributed by atoms with E-state index < -0.39 is 0 Å². The Hall–Kier alpha value is -1.26. The van der Waals surface area contributed by atoms with Gasteiger partial charge in [0.25, 0.3) is 0 Å². The molecule has 1 unspecified atom stereocenters. The zero-order chi connectivity index (χ0) is 12.3. The maximum absolute atomic E-state index is 11.4. The van der Waals surface area contributed by atoms with E-state index in [4.69, 9.17) is 22.1 Å². The largest absolute Gasteiger partial charge is 0.487 e. The predicted molar refractivity (Wildman–Crippen MR) is 66.1 cm³/mol. The summed E-state index contributed by atoms with van der Waals surface area (Å²) in [7, 11) is 0. The Balaban J connectivity index is 1.94. The summed E-state index contributed by atoms with van der Waals surface area (Å²) in [5.41, 5.74) is 5.32. The second kappa shape index (κ2) is 5.38. The van der Waals surface area contributed by atoms with Crippen molar-refractivity contribution in [3.05, 3.63) is 29.3 Å². The van der Waals surface area contributed by atoms with E-state index >= 15 is 0 Å². The van der Waals surface area contributed by atoms with Gasteiger partial charge in [0.1, 0.15) is 11.9 Å². The predicted octanol–water partition coefficient (Wildman–Crippen LogP) is 1.28. The van der Waals surface area contributed by atoms with Crippen LogP contribution in [0.15, 0.2) is 24.3 Å². The van der Waals surface area contributed by atoms with E-state index in [0.717, 1.165) is 6.42 Å². The number of halogens is 1. The zero-order valence-electron chi connectivity index (χ0n) is 9.43. The van der Waals surface area contributed by atoms with Gasteiger partial charge in [-0.1, -0.05) is 23.7 Å². The maximum Gasteiger partial charge on any atom is 0.236 e. The average molecular weight is 255 g/mol. The van der Waals surface area contributed by atoms with Crippen LogP contribution >= 0.6 is 11.6 Å². The molecule has 1 amide bonds. The summed E-state index contributed by atoms with van der Waals surface area (Å²) in [6, 6.07) is 7.34. The van der Waals surface area contributed by atoms with Gasteiger partial charge in [0.2, 0.25) is 5.91 Å². The lowest BCUT2D eigenvalue weighted by atomic mass is 10.3. The fourth-order valence-corrected chi connectivity index (χ4v) is 2.08. The van der Waals surface area contributed by atoms with Gasteiger partial charge in [0.15, 0.2) is 0 Å². The van der Waals surface area contributed by atoms with Gasteiger partial charge < -0.3 is 15.4 Å². The molecule has 17 heavy (non-hydrogen) atoms. The van der Waals surface area contributed by atoms with Crippen molar-refractivity contribution in [2.24, 2.45) is 5.73 Å². The topological polar surface area (TPSA) is 55.6 Å². The van der Waals surface area contributed by atoms with Crippen molar-refractivity contribution >= 4 is 17.5 Å². The van der Waals surface area contributed by atoms with Crippen LogP contribution in [0.2, 0.25) is 5.02 Å². The monoisotopic (exact) mass is 254 g/mol. The number of carbonyl (C=O) groups excluding carboxylic acids is 1. The van der Waals surface area contributed by atoms with Crippen molar-refractivity contribution in [3.8, 4) is 5.75 Å². The molecular weight excluding hydrogens is 240 g/mol. The second-order valence-corrected chi connectivity index (χ2v) is 4.41. The van der Waals surface area contributed by atoms with E-state index in [1.54, 1.807) is 11.0 Å². The Labute approximate surface area is 105 Å². The molecule has 0 saturated carbocycles. The first-order chi connectivity index (χ1) is 8.20. The second-order valence-electron chi connectivity index (χ2n) is 4.00. The highest BCUT2D eigenvalue weighted by molar-refractivity contribution is 6.32. The minimum absolute atomic E-state index is 0.00500. The highest BCUT2D eigenvalue weighted by Gasteiger charge is 2.27. The standard InChI is InChI=1S/C12H15ClN2O2/c13-10-3-1-2-4-11(10)17-9-5-6-15(8-9)12(16)7-14/h1-4,9H,5-8,14H2. The number of hydrogen-bond acceptors (Lipinski definition) is 3. The van der Waals surface area contributed by atoms with Crippen LogP contribution in [0.25, 0.3) is 0 Å². The molecular formula is C12H15ClN2O2.